The summed E-state index contributed by atoms with van der Waals surface area (Å²) in [5.41, 5.74) is 0. The van der Waals surface area contributed by atoms with Gasteiger partial charge in [-0.3, -0.25) is 22.6 Å². The summed E-state index contributed by atoms with van der Waals surface area (Å²) in [5.74, 6) is 0. The molecular formula is C37H31IIrKOP2-. The quantitative estimate of drug-likeness (QED) is 0.0793. The molecule has 0 saturated heterocycles. The summed E-state index contributed by atoms with van der Waals surface area (Å²) in [4.78, 5) is 8.67. The summed E-state index contributed by atoms with van der Waals surface area (Å²) in [6.45, 7) is 0. The summed E-state index contributed by atoms with van der Waals surface area (Å²) in [6.07, 6.45) is 0. The minimum atomic E-state index is -0.446. The van der Waals surface area contributed by atoms with Gasteiger partial charge in [-0.1, -0.05) is 182 Å². The van der Waals surface area contributed by atoms with Gasteiger partial charge in [0.05, 0.1) is 0 Å². The average Bonchev–Trinajstić information content (AvgIpc) is 3.05. The van der Waals surface area contributed by atoms with Crippen LogP contribution < -0.4 is 83.2 Å². The van der Waals surface area contributed by atoms with Crippen LogP contribution in [0.15, 0.2) is 182 Å². The SMILES string of the molecule is O=[C-]I.[H-].[Ir].[K+].c1ccc(P(c2ccccc2)c2ccccc2)cc1.c1ccc(P(c2ccccc2)c2ccccc2)cc1. The van der Waals surface area contributed by atoms with Gasteiger partial charge in [0.25, 0.3) is 0 Å². The van der Waals surface area contributed by atoms with Gasteiger partial charge < -0.3 is 6.22 Å². The molecule has 43 heavy (non-hydrogen) atoms. The van der Waals surface area contributed by atoms with Crippen molar-refractivity contribution in [1.82, 2.24) is 0 Å². The predicted molar refractivity (Wildman–Crippen MR) is 191 cm³/mol. The largest absolute Gasteiger partial charge is 1.00 e. The van der Waals surface area contributed by atoms with Crippen LogP contribution in [-0.4, -0.2) is 4.29 Å². The Hall–Kier alpha value is -1.13. The standard InChI is InChI=1S/2C18H15P.CIO.Ir.K.H/c2*1-4-10-16(11-5-1)19(17-12-6-2-7-13-17)18-14-8-3-9-15-18;2-1-3;;;/h2*1-15H;;;;/q;;-1;;+1;-1. The van der Waals surface area contributed by atoms with Crippen LogP contribution in [0.5, 0.6) is 0 Å². The molecule has 6 rings (SSSR count). The van der Waals surface area contributed by atoms with E-state index in [1.54, 1.807) is 0 Å². The van der Waals surface area contributed by atoms with E-state index in [0.29, 0.717) is 0 Å². The van der Waals surface area contributed by atoms with Crippen molar-refractivity contribution in [2.45, 2.75) is 0 Å². The van der Waals surface area contributed by atoms with Crippen LogP contribution in [0.1, 0.15) is 1.43 Å². The molecule has 213 valence electrons. The topological polar surface area (TPSA) is 17.1 Å². The second-order valence-corrected chi connectivity index (χ2v) is 13.6. The monoisotopic (exact) mass is 912 g/mol. The molecule has 0 amide bonds. The number of benzene rings is 6. The molecule has 0 atom stereocenters. The molecule has 0 fully saturated rings. The Bertz CT molecular complexity index is 1250. The number of hydrogen-bond acceptors (Lipinski definition) is 1. The molecule has 6 aromatic rings. The van der Waals surface area contributed by atoms with Crippen LogP contribution >= 0.6 is 38.4 Å². The second-order valence-electron chi connectivity index (χ2n) is 8.76. The summed E-state index contributed by atoms with van der Waals surface area (Å²) in [7, 11) is -0.892. The van der Waals surface area contributed by atoms with Crippen LogP contribution in [0.3, 0.4) is 0 Å². The molecule has 6 heteroatoms. The first-order chi connectivity index (χ1) is 20.3. The van der Waals surface area contributed by atoms with E-state index in [4.69, 9.17) is 4.79 Å². The Morgan fingerprint density at radius 3 is 0.605 bits per heavy atom. The minimum Gasteiger partial charge on any atom is -1.00 e. The fourth-order valence-electron chi connectivity index (χ4n) is 4.36. The molecule has 0 aliphatic carbocycles. The molecular weight excluding hydrogens is 881 g/mol. The molecule has 0 aliphatic rings. The van der Waals surface area contributed by atoms with Gasteiger partial charge in [0.2, 0.25) is 0 Å². The zero-order chi connectivity index (χ0) is 28.5. The fourth-order valence-corrected chi connectivity index (χ4v) is 8.97. The van der Waals surface area contributed by atoms with Crippen molar-refractivity contribution < 1.29 is 77.7 Å². The van der Waals surface area contributed by atoms with Crippen molar-refractivity contribution in [2.75, 3.05) is 0 Å². The fraction of sp³-hybridized carbons (Fsp3) is 0. The zero-order valence-electron chi connectivity index (χ0n) is 24.8. The molecule has 0 spiro atoms. The molecule has 1 nitrogen and oxygen atoms in total. The molecule has 0 bridgehead atoms. The second kappa shape index (κ2) is 22.4. The molecule has 0 saturated carbocycles. The van der Waals surface area contributed by atoms with Gasteiger partial charge in [0, 0.05) is 20.1 Å². The Kier molecular flexibility index (Phi) is 19.8. The van der Waals surface area contributed by atoms with Gasteiger partial charge in [-0.05, 0) is 47.7 Å². The summed E-state index contributed by atoms with van der Waals surface area (Å²) < 4.78 is 1.47. The number of carbonyl (C=O) groups excluding carboxylic acids is 1. The van der Waals surface area contributed by atoms with Crippen LogP contribution in [-0.2, 0) is 24.9 Å². The van der Waals surface area contributed by atoms with Crippen molar-refractivity contribution in [1.29, 1.82) is 0 Å². The third-order valence-electron chi connectivity index (χ3n) is 6.09. The smallest absolute Gasteiger partial charge is 1.00 e. The first-order valence-electron chi connectivity index (χ1n) is 13.2. The van der Waals surface area contributed by atoms with Gasteiger partial charge in [-0.2, -0.15) is 4.29 Å². The first-order valence-corrected chi connectivity index (χ1v) is 17.0. The molecule has 6 aromatic carbocycles. The maximum Gasteiger partial charge on any atom is 1.00 e. The van der Waals surface area contributed by atoms with Gasteiger partial charge in [-0.25, -0.2) is 0 Å². The van der Waals surface area contributed by atoms with Crippen molar-refractivity contribution in [3.8, 4) is 0 Å². The summed E-state index contributed by atoms with van der Waals surface area (Å²) in [6, 6.07) is 64.7. The van der Waals surface area contributed by atoms with Gasteiger partial charge in [0.15, 0.2) is 0 Å². The zero-order valence-corrected chi connectivity index (χ0v) is 33.3. The van der Waals surface area contributed by atoms with Gasteiger partial charge >= 0.3 is 51.4 Å². The van der Waals surface area contributed by atoms with Crippen molar-refractivity contribution >= 4 is 74.6 Å². The molecule has 0 unspecified atom stereocenters. The predicted octanol–water partition coefficient (Wildman–Crippen LogP) is 4.49. The Morgan fingerprint density at radius 1 is 0.372 bits per heavy atom. The van der Waals surface area contributed by atoms with E-state index in [1.807, 2.05) is 0 Å². The molecule has 0 aromatic heterocycles. The van der Waals surface area contributed by atoms with Crippen LogP contribution in [0, 0.1) is 0 Å². The van der Waals surface area contributed by atoms with E-state index in [9.17, 15) is 0 Å². The van der Waals surface area contributed by atoms with E-state index in [2.05, 4.69) is 182 Å². The van der Waals surface area contributed by atoms with Crippen molar-refractivity contribution in [3.63, 3.8) is 0 Å². The minimum absolute atomic E-state index is 0. The molecule has 0 N–H and O–H groups in total. The first kappa shape index (κ1) is 38.1. The van der Waals surface area contributed by atoms with E-state index in [0.717, 1.165) is 0 Å². The van der Waals surface area contributed by atoms with Gasteiger partial charge in [0.1, 0.15) is 0 Å². The van der Waals surface area contributed by atoms with E-state index in [1.165, 1.54) is 58.7 Å². The average molecular weight is 912 g/mol. The third-order valence-corrected chi connectivity index (χ3v) is 11.0. The number of hydrogen-bond donors (Lipinski definition) is 0. The molecule has 0 aliphatic heterocycles. The van der Waals surface area contributed by atoms with Crippen molar-refractivity contribution in [3.05, 3.63) is 182 Å². The van der Waals surface area contributed by atoms with Crippen LogP contribution in [0.4, 0.5) is 0 Å². The third kappa shape index (κ3) is 12.3. The Morgan fingerprint density at radius 2 is 0.488 bits per heavy atom. The van der Waals surface area contributed by atoms with Gasteiger partial charge in [-0.15, -0.1) is 0 Å². The van der Waals surface area contributed by atoms with Crippen LogP contribution in [0.25, 0.3) is 0 Å². The summed E-state index contributed by atoms with van der Waals surface area (Å²) in [5, 5.41) is 8.39. The normalized spacial score (nSPS) is 9.65. The Balaban J connectivity index is 0.000000380. The van der Waals surface area contributed by atoms with E-state index in [-0.39, 0.29) is 72.9 Å². The Labute approximate surface area is 329 Å². The van der Waals surface area contributed by atoms with E-state index < -0.39 is 15.8 Å². The van der Waals surface area contributed by atoms with Crippen molar-refractivity contribution in [2.24, 2.45) is 0 Å². The maximum absolute atomic E-state index is 8.67. The molecule has 1 radical (unpaired) electrons. The maximum atomic E-state index is 8.67. The van der Waals surface area contributed by atoms with E-state index >= 15 is 0 Å². The molecule has 0 heterocycles. The van der Waals surface area contributed by atoms with Crippen LogP contribution in [0.2, 0.25) is 0 Å². The number of halogens is 1. The number of rotatable bonds is 6. The summed E-state index contributed by atoms with van der Waals surface area (Å²) >= 11 is 1.48.